The summed E-state index contributed by atoms with van der Waals surface area (Å²) < 4.78 is 37.1. The number of ether oxygens (including phenoxy) is 2. The van der Waals surface area contributed by atoms with E-state index in [1.807, 2.05) is 19.5 Å². The Labute approximate surface area is 271 Å². The highest BCUT2D eigenvalue weighted by Gasteiger charge is 2.30. The molecule has 4 aromatic rings. The van der Waals surface area contributed by atoms with Gasteiger partial charge in [-0.05, 0) is 69.8 Å². The van der Waals surface area contributed by atoms with Crippen LogP contribution in [0.25, 0.3) is 22.8 Å². The van der Waals surface area contributed by atoms with Crippen LogP contribution in [0.4, 0.5) is 0 Å². The molecule has 0 saturated carbocycles. The second kappa shape index (κ2) is 13.7. The molecule has 2 aliphatic rings. The molecule has 46 heavy (non-hydrogen) atoms. The Morgan fingerprint density at radius 2 is 1.28 bits per heavy atom. The first kappa shape index (κ1) is 33.2. The predicted octanol–water partition coefficient (Wildman–Crippen LogP) is 3.21. The molecule has 0 N–H and O–H groups in total. The van der Waals surface area contributed by atoms with Gasteiger partial charge in [-0.25, -0.2) is 37.9 Å². The van der Waals surface area contributed by atoms with Crippen molar-refractivity contribution < 1.29 is 27.5 Å². The molecular formula is C30H36N8O6S2. The number of sulfone groups is 1. The van der Waals surface area contributed by atoms with Crippen molar-refractivity contribution in [2.45, 2.75) is 62.7 Å². The minimum Gasteiger partial charge on any atom is -0.461 e. The maximum absolute atomic E-state index is 12.2. The van der Waals surface area contributed by atoms with Crippen LogP contribution < -0.4 is 0 Å². The van der Waals surface area contributed by atoms with Crippen molar-refractivity contribution in [3.63, 3.8) is 0 Å². The smallest absolute Gasteiger partial charge is 0.359 e. The van der Waals surface area contributed by atoms with E-state index >= 15 is 0 Å². The molecule has 0 atom stereocenters. The molecule has 6 rings (SSSR count). The summed E-state index contributed by atoms with van der Waals surface area (Å²) in [5.74, 6) is -0.836. The van der Waals surface area contributed by atoms with Crippen LogP contribution in [0.5, 0.6) is 0 Å². The van der Waals surface area contributed by atoms with E-state index in [1.54, 1.807) is 36.5 Å². The lowest BCUT2D eigenvalue weighted by Crippen LogP contribution is -2.08. The van der Waals surface area contributed by atoms with Crippen LogP contribution in [0.2, 0.25) is 0 Å². The molecule has 0 aliphatic heterocycles. The molecular weight excluding hydrogens is 633 g/mol. The molecule has 16 heteroatoms. The summed E-state index contributed by atoms with van der Waals surface area (Å²) >= 11 is 1.51. The predicted molar refractivity (Wildman–Crippen MR) is 169 cm³/mol. The first-order valence-electron chi connectivity index (χ1n) is 14.9. The summed E-state index contributed by atoms with van der Waals surface area (Å²) in [6.07, 6.45) is 11.2. The van der Waals surface area contributed by atoms with Gasteiger partial charge in [0.25, 0.3) is 0 Å². The van der Waals surface area contributed by atoms with Crippen molar-refractivity contribution in [1.82, 2.24) is 39.5 Å². The minimum atomic E-state index is -3.53. The average Bonchev–Trinajstić information content (AvgIpc) is 3.35. The van der Waals surface area contributed by atoms with Gasteiger partial charge in [-0.1, -0.05) is 11.8 Å². The fourth-order valence-electron chi connectivity index (χ4n) is 5.67. The van der Waals surface area contributed by atoms with Gasteiger partial charge >= 0.3 is 11.9 Å². The molecule has 0 aromatic carbocycles. The van der Waals surface area contributed by atoms with Crippen LogP contribution in [0, 0.1) is 0 Å². The number of fused-ring (bicyclic) bond motifs is 6. The number of aryl methyl sites for hydroxylation is 4. The lowest BCUT2D eigenvalue weighted by atomic mass is 10.1. The monoisotopic (exact) mass is 668 g/mol. The van der Waals surface area contributed by atoms with E-state index in [9.17, 15) is 18.0 Å². The second-order valence-electron chi connectivity index (χ2n) is 10.8. The highest BCUT2D eigenvalue weighted by molar-refractivity contribution is 7.98. The van der Waals surface area contributed by atoms with Crippen molar-refractivity contribution in [2.24, 2.45) is 14.1 Å². The number of carbonyl (C=O) groups is 2. The quantitative estimate of drug-likeness (QED) is 0.167. The number of esters is 2. The topological polar surface area (TPSA) is 174 Å². The van der Waals surface area contributed by atoms with Crippen LogP contribution in [-0.2, 0) is 59.1 Å². The molecule has 2 aliphatic carbocycles. The first-order chi connectivity index (χ1) is 22.0. The fraction of sp³-hybridized carbons (Fsp3) is 0.467. The number of hydrogen-bond acceptors (Lipinski definition) is 13. The number of carbonyl (C=O) groups excluding carboxylic acids is 2. The Kier molecular flexibility index (Phi) is 9.86. The van der Waals surface area contributed by atoms with Crippen molar-refractivity contribution in [3.05, 3.63) is 46.0 Å². The Morgan fingerprint density at radius 3 is 1.74 bits per heavy atom. The molecule has 0 fully saturated rings. The zero-order valence-corrected chi connectivity index (χ0v) is 28.3. The molecule has 0 unspecified atom stereocenters. The molecule has 0 radical (unpaired) electrons. The number of hydrogen-bond donors (Lipinski definition) is 0. The zero-order chi connectivity index (χ0) is 33.2. The molecule has 4 aromatic heterocycles. The lowest BCUT2D eigenvalue weighted by molar-refractivity contribution is 0.0508. The van der Waals surface area contributed by atoms with Crippen molar-refractivity contribution >= 4 is 33.5 Å². The Bertz CT molecular complexity index is 1920. The third kappa shape index (κ3) is 6.54. The van der Waals surface area contributed by atoms with Crippen LogP contribution in [0.3, 0.4) is 0 Å². The maximum Gasteiger partial charge on any atom is 0.359 e. The third-order valence-electron chi connectivity index (χ3n) is 7.62. The van der Waals surface area contributed by atoms with Crippen LogP contribution >= 0.6 is 11.8 Å². The summed E-state index contributed by atoms with van der Waals surface area (Å²) in [5.41, 5.74) is 7.28. The molecule has 14 nitrogen and oxygen atoms in total. The van der Waals surface area contributed by atoms with Gasteiger partial charge in [-0.15, -0.1) is 0 Å². The number of nitrogens with zero attached hydrogens (tertiary/aromatic N) is 8. The highest BCUT2D eigenvalue weighted by Crippen LogP contribution is 2.34. The highest BCUT2D eigenvalue weighted by atomic mass is 32.2. The summed E-state index contributed by atoms with van der Waals surface area (Å²) in [4.78, 5) is 41.5. The van der Waals surface area contributed by atoms with Crippen molar-refractivity contribution in [1.29, 1.82) is 0 Å². The summed E-state index contributed by atoms with van der Waals surface area (Å²) in [6.45, 7) is 4.15. The van der Waals surface area contributed by atoms with E-state index in [0.29, 0.717) is 36.5 Å². The van der Waals surface area contributed by atoms with E-state index in [-0.39, 0.29) is 23.4 Å². The lowest BCUT2D eigenvalue weighted by Gasteiger charge is -2.08. The van der Waals surface area contributed by atoms with Gasteiger partial charge in [-0.3, -0.25) is 9.36 Å². The average molecular weight is 669 g/mol. The second-order valence-corrected chi connectivity index (χ2v) is 13.5. The zero-order valence-electron chi connectivity index (χ0n) is 26.7. The van der Waals surface area contributed by atoms with Gasteiger partial charge in [0.1, 0.15) is 0 Å². The Morgan fingerprint density at radius 1 is 0.804 bits per heavy atom. The molecule has 0 spiro atoms. The first-order valence-corrected chi connectivity index (χ1v) is 18.0. The van der Waals surface area contributed by atoms with Crippen LogP contribution in [0.1, 0.15) is 69.9 Å². The molecule has 0 saturated heterocycles. The maximum atomic E-state index is 12.2. The molecule has 244 valence electrons. The Balaban J connectivity index is 0.000000182. The van der Waals surface area contributed by atoms with Gasteiger partial charge in [0.2, 0.25) is 15.0 Å². The summed E-state index contributed by atoms with van der Waals surface area (Å²) in [6, 6.07) is 0. The van der Waals surface area contributed by atoms with E-state index in [2.05, 4.69) is 30.1 Å². The summed E-state index contributed by atoms with van der Waals surface area (Å²) in [7, 11) is 0.0267. The molecule has 0 amide bonds. The van der Waals surface area contributed by atoms with E-state index in [4.69, 9.17) is 9.47 Å². The van der Waals surface area contributed by atoms with Gasteiger partial charge in [0.05, 0.1) is 36.0 Å². The van der Waals surface area contributed by atoms with Gasteiger partial charge in [0, 0.05) is 43.9 Å². The van der Waals surface area contributed by atoms with E-state index in [0.717, 1.165) is 70.7 Å². The van der Waals surface area contributed by atoms with E-state index < -0.39 is 15.8 Å². The van der Waals surface area contributed by atoms with Crippen LogP contribution in [-0.4, -0.2) is 85.6 Å². The molecule has 4 heterocycles. The van der Waals surface area contributed by atoms with E-state index in [1.165, 1.54) is 11.8 Å². The molecule has 0 bridgehead atoms. The van der Waals surface area contributed by atoms with Crippen LogP contribution in [0.15, 0.2) is 22.7 Å². The Hall–Kier alpha value is -4.18. The SMILES string of the molecule is CCOC(=O)c1nn(C)c2c1CCCc1cnc(S(C)(=O)=O)nc1-2.CCOC(=O)c1nn(C)c2c1CCCc1cnc(SC)nc1-2. The third-order valence-corrected chi connectivity index (χ3v) is 9.04. The minimum absolute atomic E-state index is 0.229. The number of aromatic nitrogens is 8. The normalized spacial score (nSPS) is 13.5. The standard InChI is InChI=1S/C15H18N4O4S.C15H18N4O2S/c1-4-23-14(20)12-10-7-5-6-9-8-16-15(24(3,21)22)17-11(9)13(10)19(2)18-12;1-4-21-14(20)12-10-7-5-6-9-8-16-15(22-3)17-11(9)13(10)19(2)18-12/h8H,4-7H2,1-3H3;8H,4-7H2,1-3H3. The van der Waals surface area contributed by atoms with Crippen molar-refractivity contribution in [2.75, 3.05) is 25.7 Å². The van der Waals surface area contributed by atoms with Crippen molar-refractivity contribution in [3.8, 4) is 22.8 Å². The summed E-state index contributed by atoms with van der Waals surface area (Å²) in [5, 5.41) is 9.16. The number of thioether (sulfide) groups is 1. The number of rotatable bonds is 6. The van der Waals surface area contributed by atoms with Gasteiger partial charge < -0.3 is 9.47 Å². The van der Waals surface area contributed by atoms with Gasteiger partial charge in [0.15, 0.2) is 16.5 Å². The fourth-order valence-corrected chi connectivity index (χ4v) is 6.52. The van der Waals surface area contributed by atoms with Gasteiger partial charge in [-0.2, -0.15) is 10.2 Å². The largest absolute Gasteiger partial charge is 0.461 e.